The number of unbranched alkanes of at least 4 members (excludes halogenated alkanes) is 1. The summed E-state index contributed by atoms with van der Waals surface area (Å²) in [6, 6.07) is 8.28. The molecule has 0 bridgehead atoms. The van der Waals surface area contributed by atoms with Crippen molar-refractivity contribution in [1.82, 2.24) is 5.32 Å². The van der Waals surface area contributed by atoms with Crippen molar-refractivity contribution in [2.45, 2.75) is 32.7 Å². The molecule has 1 rings (SSSR count). The highest BCUT2D eigenvalue weighted by atomic mass is 16.5. The number of rotatable bonds is 12. The van der Waals surface area contributed by atoms with E-state index in [4.69, 9.17) is 9.47 Å². The predicted octanol–water partition coefficient (Wildman–Crippen LogP) is 3.55. The Balaban J connectivity index is 2.10. The minimum Gasteiger partial charge on any atom is -0.494 e. The van der Waals surface area contributed by atoms with E-state index in [1.807, 2.05) is 18.2 Å². The van der Waals surface area contributed by atoms with Gasteiger partial charge >= 0.3 is 0 Å². The molecule has 0 saturated carbocycles. The van der Waals surface area contributed by atoms with Crippen LogP contribution in [0.5, 0.6) is 5.75 Å². The third-order valence-electron chi connectivity index (χ3n) is 2.91. The van der Waals surface area contributed by atoms with Crippen molar-refractivity contribution >= 4 is 0 Å². The van der Waals surface area contributed by atoms with Gasteiger partial charge in [0, 0.05) is 13.1 Å². The summed E-state index contributed by atoms with van der Waals surface area (Å²) in [7, 11) is 0. The predicted molar refractivity (Wildman–Crippen MR) is 84.2 cm³/mol. The minimum atomic E-state index is 0.742. The molecule has 0 aliphatic heterocycles. The quantitative estimate of drug-likeness (QED) is 0.468. The molecule has 1 aromatic carbocycles. The summed E-state index contributed by atoms with van der Waals surface area (Å²) in [5.74, 6) is 0.954. The summed E-state index contributed by atoms with van der Waals surface area (Å²) in [5, 5.41) is 3.36. The van der Waals surface area contributed by atoms with Crippen LogP contribution in [0.2, 0.25) is 0 Å². The number of hydrogen-bond acceptors (Lipinski definition) is 3. The minimum absolute atomic E-state index is 0.742. The van der Waals surface area contributed by atoms with Crippen LogP contribution in [-0.2, 0) is 11.3 Å². The van der Waals surface area contributed by atoms with Gasteiger partial charge < -0.3 is 14.8 Å². The smallest absolute Gasteiger partial charge is 0.119 e. The molecule has 112 valence electrons. The highest BCUT2D eigenvalue weighted by molar-refractivity contribution is 5.27. The lowest BCUT2D eigenvalue weighted by Gasteiger charge is -2.08. The second-order valence-electron chi connectivity index (χ2n) is 4.71. The van der Waals surface area contributed by atoms with Crippen molar-refractivity contribution in [3.63, 3.8) is 0 Å². The highest BCUT2D eigenvalue weighted by Gasteiger charge is 1.96. The van der Waals surface area contributed by atoms with Crippen LogP contribution in [0.25, 0.3) is 0 Å². The van der Waals surface area contributed by atoms with Crippen LogP contribution in [0.15, 0.2) is 36.9 Å². The summed E-state index contributed by atoms with van der Waals surface area (Å²) >= 11 is 0. The highest BCUT2D eigenvalue weighted by Crippen LogP contribution is 2.12. The molecule has 0 heterocycles. The average molecular weight is 277 g/mol. The number of nitrogens with one attached hydrogen (secondary N) is 1. The van der Waals surface area contributed by atoms with Crippen LogP contribution < -0.4 is 10.1 Å². The molecular weight excluding hydrogens is 250 g/mol. The summed E-state index contributed by atoms with van der Waals surface area (Å²) in [5.41, 5.74) is 1.26. The fourth-order valence-corrected chi connectivity index (χ4v) is 1.68. The van der Waals surface area contributed by atoms with Gasteiger partial charge in [-0.3, -0.25) is 0 Å². The third kappa shape index (κ3) is 7.97. The van der Waals surface area contributed by atoms with Crippen LogP contribution in [0.4, 0.5) is 0 Å². The van der Waals surface area contributed by atoms with E-state index < -0.39 is 0 Å². The molecule has 0 spiro atoms. The van der Waals surface area contributed by atoms with Gasteiger partial charge in [-0.25, -0.2) is 0 Å². The van der Waals surface area contributed by atoms with E-state index >= 15 is 0 Å². The second-order valence-corrected chi connectivity index (χ2v) is 4.71. The SMILES string of the molecule is C=CCCOCCNCc1ccc(OCCCC)cc1. The van der Waals surface area contributed by atoms with E-state index in [1.54, 1.807) is 0 Å². The van der Waals surface area contributed by atoms with Crippen molar-refractivity contribution in [3.05, 3.63) is 42.5 Å². The Morgan fingerprint density at radius 2 is 1.95 bits per heavy atom. The third-order valence-corrected chi connectivity index (χ3v) is 2.91. The molecule has 0 aromatic heterocycles. The molecule has 0 atom stereocenters. The fourth-order valence-electron chi connectivity index (χ4n) is 1.68. The molecule has 20 heavy (non-hydrogen) atoms. The first-order valence-corrected chi connectivity index (χ1v) is 7.48. The van der Waals surface area contributed by atoms with E-state index in [0.29, 0.717) is 0 Å². The van der Waals surface area contributed by atoms with Gasteiger partial charge in [-0.1, -0.05) is 31.6 Å². The van der Waals surface area contributed by atoms with E-state index in [9.17, 15) is 0 Å². The van der Waals surface area contributed by atoms with Gasteiger partial charge in [0.25, 0.3) is 0 Å². The lowest BCUT2D eigenvalue weighted by Crippen LogP contribution is -2.19. The maximum atomic E-state index is 5.63. The molecule has 3 heteroatoms. The summed E-state index contributed by atoms with van der Waals surface area (Å²) < 4.78 is 11.1. The number of hydrogen-bond donors (Lipinski definition) is 1. The molecule has 0 amide bonds. The lowest BCUT2D eigenvalue weighted by atomic mass is 10.2. The zero-order chi connectivity index (χ0) is 14.5. The summed E-state index contributed by atoms with van der Waals surface area (Å²) in [6.07, 6.45) is 5.06. The lowest BCUT2D eigenvalue weighted by molar-refractivity contribution is 0.140. The fraction of sp³-hybridized carbons (Fsp3) is 0.529. The van der Waals surface area contributed by atoms with Crippen molar-refractivity contribution in [2.75, 3.05) is 26.4 Å². The molecule has 0 fully saturated rings. The van der Waals surface area contributed by atoms with E-state index in [1.165, 1.54) is 5.56 Å². The van der Waals surface area contributed by atoms with Crippen LogP contribution in [0, 0.1) is 0 Å². The van der Waals surface area contributed by atoms with Gasteiger partial charge in [-0.05, 0) is 30.5 Å². The summed E-state index contributed by atoms with van der Waals surface area (Å²) in [6.45, 7) is 9.86. The molecule has 0 radical (unpaired) electrons. The Labute approximate surface area is 123 Å². The molecular formula is C17H27NO2. The van der Waals surface area contributed by atoms with E-state index in [-0.39, 0.29) is 0 Å². The van der Waals surface area contributed by atoms with Crippen molar-refractivity contribution in [1.29, 1.82) is 0 Å². The molecule has 1 N–H and O–H groups in total. The normalized spacial score (nSPS) is 10.4. The standard InChI is InChI=1S/C17H27NO2/c1-3-5-12-19-14-11-18-15-16-7-9-17(10-8-16)20-13-6-4-2/h3,7-10,18H,1,4-6,11-15H2,2H3. The van der Waals surface area contributed by atoms with Gasteiger partial charge in [-0.2, -0.15) is 0 Å². The zero-order valence-corrected chi connectivity index (χ0v) is 12.6. The average Bonchev–Trinajstić information content (AvgIpc) is 2.48. The van der Waals surface area contributed by atoms with Gasteiger partial charge in [0.05, 0.1) is 19.8 Å². The van der Waals surface area contributed by atoms with E-state index in [2.05, 4.69) is 31.0 Å². The molecule has 0 aliphatic rings. The van der Waals surface area contributed by atoms with Crippen LogP contribution in [0.3, 0.4) is 0 Å². The monoisotopic (exact) mass is 277 g/mol. The van der Waals surface area contributed by atoms with Crippen molar-refractivity contribution in [3.8, 4) is 5.75 Å². The molecule has 0 aliphatic carbocycles. The Morgan fingerprint density at radius 3 is 2.65 bits per heavy atom. The Hall–Kier alpha value is -1.32. The van der Waals surface area contributed by atoms with Gasteiger partial charge in [-0.15, -0.1) is 6.58 Å². The first-order chi connectivity index (χ1) is 9.86. The maximum absolute atomic E-state index is 5.63. The van der Waals surface area contributed by atoms with Crippen LogP contribution in [0.1, 0.15) is 31.7 Å². The Kier molecular flexibility index (Phi) is 9.62. The molecule has 0 unspecified atom stereocenters. The zero-order valence-electron chi connectivity index (χ0n) is 12.6. The van der Waals surface area contributed by atoms with Gasteiger partial charge in [0.1, 0.15) is 5.75 Å². The van der Waals surface area contributed by atoms with Crippen LogP contribution in [-0.4, -0.2) is 26.4 Å². The maximum Gasteiger partial charge on any atom is 0.119 e. The first-order valence-electron chi connectivity index (χ1n) is 7.48. The molecule has 3 nitrogen and oxygen atoms in total. The number of ether oxygens (including phenoxy) is 2. The largest absolute Gasteiger partial charge is 0.494 e. The number of benzene rings is 1. The van der Waals surface area contributed by atoms with Crippen molar-refractivity contribution in [2.24, 2.45) is 0 Å². The first kappa shape index (κ1) is 16.7. The summed E-state index contributed by atoms with van der Waals surface area (Å²) in [4.78, 5) is 0. The molecule has 1 aromatic rings. The van der Waals surface area contributed by atoms with E-state index in [0.717, 1.165) is 57.9 Å². The topological polar surface area (TPSA) is 30.5 Å². The molecule has 0 saturated heterocycles. The van der Waals surface area contributed by atoms with Crippen molar-refractivity contribution < 1.29 is 9.47 Å². The van der Waals surface area contributed by atoms with Crippen LogP contribution >= 0.6 is 0 Å². The van der Waals surface area contributed by atoms with Gasteiger partial charge in [0.15, 0.2) is 0 Å². The Bertz CT molecular complexity index is 349. The second kappa shape index (κ2) is 11.5. The Morgan fingerprint density at radius 1 is 1.15 bits per heavy atom. The van der Waals surface area contributed by atoms with Gasteiger partial charge in [0.2, 0.25) is 0 Å².